The molecule has 0 unspecified atom stereocenters. The molecular formula is C23H29N3O4. The Balaban J connectivity index is 1.83. The number of carbonyl (C=O) groups excluding carboxylic acids is 1. The summed E-state index contributed by atoms with van der Waals surface area (Å²) in [7, 11) is 0. The minimum absolute atomic E-state index is 0.00241. The Bertz CT molecular complexity index is 896. The molecule has 30 heavy (non-hydrogen) atoms. The Labute approximate surface area is 177 Å². The van der Waals surface area contributed by atoms with Gasteiger partial charge >= 0.3 is 0 Å². The third kappa shape index (κ3) is 7.31. The molecule has 2 rings (SSSR count). The summed E-state index contributed by atoms with van der Waals surface area (Å²) in [5, 5.41) is 14.5. The van der Waals surface area contributed by atoms with Gasteiger partial charge in [-0.05, 0) is 52.6 Å². The van der Waals surface area contributed by atoms with Gasteiger partial charge in [-0.25, -0.2) is 5.43 Å². The molecule has 2 aromatic rings. The third-order valence-electron chi connectivity index (χ3n) is 4.48. The molecule has 0 aliphatic heterocycles. The van der Waals surface area contributed by atoms with Crippen LogP contribution in [0.5, 0.6) is 5.75 Å². The summed E-state index contributed by atoms with van der Waals surface area (Å²) in [5.41, 5.74) is 4.50. The minimum Gasteiger partial charge on any atom is -0.484 e. The smallest absolute Gasteiger partial charge is 0.277 e. The third-order valence-corrected chi connectivity index (χ3v) is 4.48. The van der Waals surface area contributed by atoms with Gasteiger partial charge in [0.25, 0.3) is 11.6 Å². The van der Waals surface area contributed by atoms with Crippen molar-refractivity contribution in [2.24, 2.45) is 10.5 Å². The van der Waals surface area contributed by atoms with Gasteiger partial charge in [-0.3, -0.25) is 14.9 Å². The summed E-state index contributed by atoms with van der Waals surface area (Å²) in [6.45, 7) is 11.0. The first kappa shape index (κ1) is 23.1. The van der Waals surface area contributed by atoms with E-state index in [0.717, 1.165) is 6.42 Å². The number of hydrazone groups is 1. The lowest BCUT2D eigenvalue weighted by Gasteiger charge is -2.33. The Hall–Kier alpha value is -3.22. The van der Waals surface area contributed by atoms with Crippen LogP contribution in [-0.4, -0.2) is 23.7 Å². The molecule has 1 amide bonds. The number of nitrogens with one attached hydrogen (secondary N) is 1. The maximum atomic E-state index is 11.9. The lowest BCUT2D eigenvalue weighted by molar-refractivity contribution is -0.384. The van der Waals surface area contributed by atoms with Crippen LogP contribution in [-0.2, 0) is 10.2 Å². The summed E-state index contributed by atoms with van der Waals surface area (Å²) in [6, 6.07) is 13.6. The van der Waals surface area contributed by atoms with Gasteiger partial charge in [0.1, 0.15) is 5.75 Å². The van der Waals surface area contributed by atoms with Gasteiger partial charge < -0.3 is 4.74 Å². The van der Waals surface area contributed by atoms with Crippen molar-refractivity contribution in [3.05, 3.63) is 69.8 Å². The van der Waals surface area contributed by atoms with Gasteiger partial charge in [0, 0.05) is 12.1 Å². The average Bonchev–Trinajstić information content (AvgIpc) is 2.65. The van der Waals surface area contributed by atoms with Crippen LogP contribution in [0.1, 0.15) is 52.2 Å². The van der Waals surface area contributed by atoms with E-state index in [1.807, 2.05) is 24.3 Å². The molecule has 0 aliphatic rings. The fraction of sp³-hybridized carbons (Fsp3) is 0.391. The number of ether oxygens (including phenoxy) is 1. The topological polar surface area (TPSA) is 93.8 Å². The second kappa shape index (κ2) is 9.52. The molecule has 2 aromatic carbocycles. The zero-order valence-electron chi connectivity index (χ0n) is 18.1. The number of nitrogens with zero attached hydrogens (tertiary/aromatic N) is 2. The van der Waals surface area contributed by atoms with Crippen molar-refractivity contribution in [3.63, 3.8) is 0 Å². The average molecular weight is 412 g/mol. The number of hydrogen-bond acceptors (Lipinski definition) is 5. The molecule has 0 radical (unpaired) electrons. The van der Waals surface area contributed by atoms with E-state index in [1.165, 1.54) is 23.9 Å². The van der Waals surface area contributed by atoms with Crippen LogP contribution in [0.2, 0.25) is 0 Å². The van der Waals surface area contributed by atoms with E-state index in [4.69, 9.17) is 4.74 Å². The van der Waals surface area contributed by atoms with Crippen molar-refractivity contribution >= 4 is 17.8 Å². The summed E-state index contributed by atoms with van der Waals surface area (Å²) < 4.78 is 5.52. The quantitative estimate of drug-likeness (QED) is 0.382. The maximum Gasteiger partial charge on any atom is 0.277 e. The fourth-order valence-corrected chi connectivity index (χ4v) is 3.47. The number of rotatable bonds is 8. The first-order valence-corrected chi connectivity index (χ1v) is 9.76. The Morgan fingerprint density at radius 3 is 2.20 bits per heavy atom. The largest absolute Gasteiger partial charge is 0.484 e. The molecule has 0 aliphatic carbocycles. The van der Waals surface area contributed by atoms with Crippen molar-refractivity contribution < 1.29 is 14.5 Å². The van der Waals surface area contributed by atoms with E-state index in [-0.39, 0.29) is 23.1 Å². The van der Waals surface area contributed by atoms with E-state index in [1.54, 1.807) is 12.1 Å². The highest BCUT2D eigenvalue weighted by molar-refractivity contribution is 5.83. The molecule has 0 saturated heterocycles. The first-order valence-electron chi connectivity index (χ1n) is 9.76. The second-order valence-corrected chi connectivity index (χ2v) is 9.08. The predicted molar refractivity (Wildman–Crippen MR) is 118 cm³/mol. The number of nitro benzene ring substituents is 1. The highest BCUT2D eigenvalue weighted by Gasteiger charge is 2.27. The van der Waals surface area contributed by atoms with Crippen molar-refractivity contribution in [2.75, 3.05) is 6.61 Å². The summed E-state index contributed by atoms with van der Waals surface area (Å²) in [6.07, 6.45) is 2.46. The Kier molecular flexibility index (Phi) is 7.32. The Morgan fingerprint density at radius 2 is 1.67 bits per heavy atom. The van der Waals surface area contributed by atoms with Gasteiger partial charge in [-0.15, -0.1) is 0 Å². The second-order valence-electron chi connectivity index (χ2n) is 9.08. The number of amides is 1. The normalized spacial score (nSPS) is 12.0. The number of carbonyl (C=O) groups is 1. The predicted octanol–water partition coefficient (Wildman–Crippen LogP) is 4.84. The SMILES string of the molecule is CC(C)(C)CC(C)(C)c1ccc(OCC(=O)NN=Cc2ccc([N+](=O)[O-])cc2)cc1. The fourth-order valence-electron chi connectivity index (χ4n) is 3.47. The van der Waals surface area contributed by atoms with E-state index in [2.05, 4.69) is 45.1 Å². The van der Waals surface area contributed by atoms with Gasteiger partial charge in [0.05, 0.1) is 11.1 Å². The molecule has 0 bridgehead atoms. The minimum atomic E-state index is -0.474. The van der Waals surface area contributed by atoms with Gasteiger partial charge in [-0.1, -0.05) is 46.8 Å². The van der Waals surface area contributed by atoms with Crippen LogP contribution in [0.3, 0.4) is 0 Å². The summed E-state index contributed by atoms with van der Waals surface area (Å²) in [5.74, 6) is 0.213. The molecule has 160 valence electrons. The maximum absolute atomic E-state index is 11.9. The van der Waals surface area contributed by atoms with Crippen LogP contribution in [0, 0.1) is 15.5 Å². The first-order chi connectivity index (χ1) is 14.0. The molecule has 1 N–H and O–H groups in total. The number of hydrogen-bond donors (Lipinski definition) is 1. The lowest BCUT2D eigenvalue weighted by Crippen LogP contribution is -2.25. The zero-order valence-corrected chi connectivity index (χ0v) is 18.1. The van der Waals surface area contributed by atoms with Crippen LogP contribution in [0.15, 0.2) is 53.6 Å². The highest BCUT2D eigenvalue weighted by atomic mass is 16.6. The Morgan fingerprint density at radius 1 is 1.07 bits per heavy atom. The standard InChI is InChI=1S/C23H29N3O4/c1-22(2,3)16-23(4,5)18-8-12-20(13-9-18)30-15-21(27)25-24-14-17-6-10-19(11-7-17)26(28)29/h6-14H,15-16H2,1-5H3,(H,25,27). The molecule has 0 atom stereocenters. The molecular weight excluding hydrogens is 382 g/mol. The molecule has 7 heteroatoms. The van der Waals surface area contributed by atoms with Gasteiger partial charge in [0.2, 0.25) is 0 Å². The number of benzene rings is 2. The van der Waals surface area contributed by atoms with Crippen molar-refractivity contribution in [2.45, 2.75) is 46.5 Å². The number of nitro groups is 1. The van der Waals surface area contributed by atoms with Crippen molar-refractivity contribution in [1.29, 1.82) is 0 Å². The monoisotopic (exact) mass is 411 g/mol. The molecule has 7 nitrogen and oxygen atoms in total. The van der Waals surface area contributed by atoms with Crippen molar-refractivity contribution in [3.8, 4) is 5.75 Å². The summed E-state index contributed by atoms with van der Waals surface area (Å²) >= 11 is 0. The van der Waals surface area contributed by atoms with Gasteiger partial charge in [-0.2, -0.15) is 5.10 Å². The van der Waals surface area contributed by atoms with Crippen LogP contribution in [0.25, 0.3) is 0 Å². The molecule has 0 fully saturated rings. The van der Waals surface area contributed by atoms with Gasteiger partial charge in [0.15, 0.2) is 6.61 Å². The van der Waals surface area contributed by atoms with E-state index in [9.17, 15) is 14.9 Å². The van der Waals surface area contributed by atoms with Crippen molar-refractivity contribution in [1.82, 2.24) is 5.43 Å². The van der Waals surface area contributed by atoms with E-state index >= 15 is 0 Å². The zero-order chi connectivity index (χ0) is 22.4. The van der Waals surface area contributed by atoms with Crippen LogP contribution >= 0.6 is 0 Å². The molecule has 0 spiro atoms. The highest BCUT2D eigenvalue weighted by Crippen LogP contribution is 2.36. The van der Waals surface area contributed by atoms with Crippen LogP contribution < -0.4 is 10.2 Å². The number of non-ortho nitro benzene ring substituents is 1. The molecule has 0 saturated carbocycles. The summed E-state index contributed by atoms with van der Waals surface area (Å²) in [4.78, 5) is 22.0. The van der Waals surface area contributed by atoms with Crippen LogP contribution in [0.4, 0.5) is 5.69 Å². The lowest BCUT2D eigenvalue weighted by atomic mass is 9.72. The molecule has 0 aromatic heterocycles. The van der Waals surface area contributed by atoms with E-state index < -0.39 is 10.8 Å². The molecule has 0 heterocycles. The van der Waals surface area contributed by atoms with E-state index in [0.29, 0.717) is 11.3 Å².